The summed E-state index contributed by atoms with van der Waals surface area (Å²) in [5, 5.41) is 2.62. The Morgan fingerprint density at radius 1 is 1.29 bits per heavy atom. The summed E-state index contributed by atoms with van der Waals surface area (Å²) in [5.41, 5.74) is -0.874. The molecule has 112 valence electrons. The lowest BCUT2D eigenvalue weighted by Gasteiger charge is -2.11. The molecule has 0 saturated heterocycles. The van der Waals surface area contributed by atoms with Crippen molar-refractivity contribution >= 4 is 33.2 Å². The average Bonchev–Trinajstić information content (AvgIpc) is 2.81. The molecule has 21 heavy (non-hydrogen) atoms. The molecule has 0 aliphatic rings. The number of carbonyl (C=O) groups excluding carboxylic acids is 1. The Morgan fingerprint density at radius 2 is 2.00 bits per heavy atom. The minimum Gasteiger partial charge on any atom is -0.347 e. The fraction of sp³-hybridized carbons (Fsp3) is 0.214. The summed E-state index contributed by atoms with van der Waals surface area (Å²) in [4.78, 5) is 14.0. The Hall–Kier alpha value is -1.34. The Labute approximate surface area is 132 Å². The summed E-state index contributed by atoms with van der Waals surface area (Å²) >= 11 is 4.38. The number of hydrogen-bond donors (Lipinski definition) is 1. The van der Waals surface area contributed by atoms with E-state index in [1.54, 1.807) is 0 Å². The summed E-state index contributed by atoms with van der Waals surface area (Å²) in [7, 11) is 0. The SMILES string of the molecule is Cc1ccc(CNC(=O)c2ccc(Br)c(C(F)(F)F)c2)s1. The first-order valence-corrected chi connectivity index (χ1v) is 7.58. The summed E-state index contributed by atoms with van der Waals surface area (Å²) in [6.45, 7) is 2.25. The molecular weight excluding hydrogens is 367 g/mol. The number of thiophene rings is 1. The lowest BCUT2D eigenvalue weighted by Crippen LogP contribution is -2.23. The fourth-order valence-electron chi connectivity index (χ4n) is 1.73. The van der Waals surface area contributed by atoms with Crippen LogP contribution in [0.4, 0.5) is 13.2 Å². The van der Waals surface area contributed by atoms with Gasteiger partial charge in [-0.2, -0.15) is 13.2 Å². The van der Waals surface area contributed by atoms with Crippen molar-refractivity contribution in [2.45, 2.75) is 19.6 Å². The fourth-order valence-corrected chi connectivity index (χ4v) is 3.03. The van der Waals surface area contributed by atoms with E-state index in [2.05, 4.69) is 21.2 Å². The van der Waals surface area contributed by atoms with Gasteiger partial charge in [-0.1, -0.05) is 15.9 Å². The first-order valence-electron chi connectivity index (χ1n) is 5.97. The Bertz CT molecular complexity index is 666. The predicted molar refractivity (Wildman–Crippen MR) is 79.4 cm³/mol. The van der Waals surface area contributed by atoms with Gasteiger partial charge in [-0.15, -0.1) is 11.3 Å². The number of aryl methyl sites for hydroxylation is 1. The van der Waals surface area contributed by atoms with Crippen LogP contribution in [0.25, 0.3) is 0 Å². The van der Waals surface area contributed by atoms with Crippen molar-refractivity contribution in [3.8, 4) is 0 Å². The second kappa shape index (κ2) is 6.19. The van der Waals surface area contributed by atoms with Crippen LogP contribution >= 0.6 is 27.3 Å². The number of hydrogen-bond acceptors (Lipinski definition) is 2. The zero-order chi connectivity index (χ0) is 15.6. The molecule has 0 aliphatic carbocycles. The highest BCUT2D eigenvalue weighted by Crippen LogP contribution is 2.35. The number of rotatable bonds is 3. The third-order valence-electron chi connectivity index (χ3n) is 2.75. The Balaban J connectivity index is 2.12. The van der Waals surface area contributed by atoms with E-state index in [4.69, 9.17) is 0 Å². The first kappa shape index (κ1) is 16.0. The molecule has 0 unspecified atom stereocenters. The van der Waals surface area contributed by atoms with E-state index < -0.39 is 17.6 Å². The van der Waals surface area contributed by atoms with Crippen molar-refractivity contribution in [2.24, 2.45) is 0 Å². The zero-order valence-electron chi connectivity index (χ0n) is 10.9. The first-order chi connectivity index (χ1) is 9.77. The molecule has 1 amide bonds. The maximum absolute atomic E-state index is 12.8. The molecule has 1 N–H and O–H groups in total. The van der Waals surface area contributed by atoms with Gasteiger partial charge in [0, 0.05) is 19.8 Å². The van der Waals surface area contributed by atoms with E-state index in [1.165, 1.54) is 23.5 Å². The van der Waals surface area contributed by atoms with E-state index in [1.807, 2.05) is 19.1 Å². The van der Waals surface area contributed by atoms with Crippen molar-refractivity contribution in [3.05, 3.63) is 55.7 Å². The van der Waals surface area contributed by atoms with Gasteiger partial charge in [-0.25, -0.2) is 0 Å². The summed E-state index contributed by atoms with van der Waals surface area (Å²) in [5.74, 6) is -0.529. The summed E-state index contributed by atoms with van der Waals surface area (Å²) < 4.78 is 38.3. The van der Waals surface area contributed by atoms with Gasteiger partial charge in [0.2, 0.25) is 0 Å². The van der Waals surface area contributed by atoms with Crippen LogP contribution < -0.4 is 5.32 Å². The second-order valence-electron chi connectivity index (χ2n) is 4.39. The van der Waals surface area contributed by atoms with E-state index in [0.29, 0.717) is 6.54 Å². The standard InChI is InChI=1S/C14H11BrF3NOS/c1-8-2-4-10(21-8)7-19-13(20)9-3-5-12(15)11(6-9)14(16,17)18/h2-6H,7H2,1H3,(H,19,20). The minimum atomic E-state index is -4.50. The van der Waals surface area contributed by atoms with Crippen LogP contribution in [0.2, 0.25) is 0 Å². The van der Waals surface area contributed by atoms with Crippen molar-refractivity contribution in [1.82, 2.24) is 5.32 Å². The second-order valence-corrected chi connectivity index (χ2v) is 6.61. The third-order valence-corrected chi connectivity index (χ3v) is 4.45. The van der Waals surface area contributed by atoms with Gasteiger partial charge < -0.3 is 5.32 Å². The van der Waals surface area contributed by atoms with Crippen LogP contribution in [-0.4, -0.2) is 5.91 Å². The molecule has 1 heterocycles. The lowest BCUT2D eigenvalue weighted by molar-refractivity contribution is -0.138. The quantitative estimate of drug-likeness (QED) is 0.819. The van der Waals surface area contributed by atoms with Gasteiger partial charge in [0.05, 0.1) is 12.1 Å². The minimum absolute atomic E-state index is 0.0150. The molecule has 0 spiro atoms. The average molecular weight is 378 g/mol. The van der Waals surface area contributed by atoms with Crippen LogP contribution in [0.3, 0.4) is 0 Å². The Kier molecular flexibility index (Phi) is 4.73. The van der Waals surface area contributed by atoms with Crippen LogP contribution in [-0.2, 0) is 12.7 Å². The van der Waals surface area contributed by atoms with Crippen molar-refractivity contribution < 1.29 is 18.0 Å². The van der Waals surface area contributed by atoms with Crippen molar-refractivity contribution in [1.29, 1.82) is 0 Å². The molecule has 2 aromatic rings. The van der Waals surface area contributed by atoms with Crippen LogP contribution in [0.15, 0.2) is 34.8 Å². The monoisotopic (exact) mass is 377 g/mol. The van der Waals surface area contributed by atoms with Crippen LogP contribution in [0, 0.1) is 6.92 Å². The molecule has 0 atom stereocenters. The van der Waals surface area contributed by atoms with Crippen LogP contribution in [0.1, 0.15) is 25.7 Å². The number of carbonyl (C=O) groups is 1. The summed E-state index contributed by atoms with van der Waals surface area (Å²) in [6.07, 6.45) is -4.50. The van der Waals surface area contributed by atoms with E-state index in [9.17, 15) is 18.0 Å². The molecular formula is C14H11BrF3NOS. The normalized spacial score (nSPS) is 11.5. The van der Waals surface area contributed by atoms with Crippen LogP contribution in [0.5, 0.6) is 0 Å². The number of amides is 1. The lowest BCUT2D eigenvalue weighted by atomic mass is 10.1. The molecule has 2 nitrogen and oxygen atoms in total. The smallest absolute Gasteiger partial charge is 0.347 e. The van der Waals surface area contributed by atoms with E-state index >= 15 is 0 Å². The van der Waals surface area contributed by atoms with E-state index in [0.717, 1.165) is 15.8 Å². The topological polar surface area (TPSA) is 29.1 Å². The highest BCUT2D eigenvalue weighted by Gasteiger charge is 2.33. The highest BCUT2D eigenvalue weighted by molar-refractivity contribution is 9.10. The summed E-state index contributed by atoms with van der Waals surface area (Å²) in [6, 6.07) is 7.23. The van der Waals surface area contributed by atoms with Gasteiger partial charge in [-0.3, -0.25) is 4.79 Å². The van der Waals surface area contributed by atoms with Gasteiger partial charge in [0.15, 0.2) is 0 Å². The predicted octanol–water partition coefficient (Wildman–Crippen LogP) is 4.77. The number of benzene rings is 1. The number of alkyl halides is 3. The van der Waals surface area contributed by atoms with Gasteiger partial charge in [0.1, 0.15) is 0 Å². The largest absolute Gasteiger partial charge is 0.417 e. The Morgan fingerprint density at radius 3 is 2.57 bits per heavy atom. The molecule has 0 bridgehead atoms. The van der Waals surface area contributed by atoms with Gasteiger partial charge in [0.25, 0.3) is 5.91 Å². The van der Waals surface area contributed by atoms with Crippen molar-refractivity contribution in [3.63, 3.8) is 0 Å². The van der Waals surface area contributed by atoms with Gasteiger partial charge >= 0.3 is 6.18 Å². The molecule has 2 rings (SSSR count). The van der Waals surface area contributed by atoms with Crippen molar-refractivity contribution in [2.75, 3.05) is 0 Å². The highest BCUT2D eigenvalue weighted by atomic mass is 79.9. The molecule has 0 aliphatic heterocycles. The number of halogens is 4. The van der Waals surface area contributed by atoms with Gasteiger partial charge in [-0.05, 0) is 37.3 Å². The zero-order valence-corrected chi connectivity index (χ0v) is 13.3. The molecule has 0 saturated carbocycles. The maximum atomic E-state index is 12.8. The molecule has 7 heteroatoms. The molecule has 0 radical (unpaired) electrons. The molecule has 1 aromatic carbocycles. The number of nitrogens with one attached hydrogen (secondary N) is 1. The molecule has 1 aromatic heterocycles. The van der Waals surface area contributed by atoms with E-state index in [-0.39, 0.29) is 10.0 Å². The maximum Gasteiger partial charge on any atom is 0.417 e. The third kappa shape index (κ3) is 4.07. The molecule has 0 fully saturated rings.